The predicted octanol–water partition coefficient (Wildman–Crippen LogP) is 2.89. The number of hydrogen-bond acceptors (Lipinski definition) is 5. The molecule has 0 aromatic heterocycles. The second-order valence-electron chi connectivity index (χ2n) is 8.26. The Morgan fingerprint density at radius 1 is 1.06 bits per heavy atom. The van der Waals surface area contributed by atoms with Crippen LogP contribution in [-0.2, 0) is 10.5 Å². The minimum atomic E-state index is -1.29. The van der Waals surface area contributed by atoms with Crippen LogP contribution in [0.1, 0.15) is 37.7 Å². The van der Waals surface area contributed by atoms with Gasteiger partial charge in [0.15, 0.2) is 6.54 Å². The molecule has 1 N–H and O–H groups in total. The van der Waals surface area contributed by atoms with E-state index in [2.05, 4.69) is 4.58 Å². The molecule has 1 amide bonds. The van der Waals surface area contributed by atoms with Crippen molar-refractivity contribution in [3.05, 3.63) is 60.2 Å². The van der Waals surface area contributed by atoms with Gasteiger partial charge in [-0.1, -0.05) is 18.2 Å². The second kappa shape index (κ2) is 7.81. The van der Waals surface area contributed by atoms with Crippen molar-refractivity contribution in [2.75, 3.05) is 25.2 Å². The minimum absolute atomic E-state index is 0.0917. The number of hydrazone groups is 1. The molecule has 2 aromatic rings. The van der Waals surface area contributed by atoms with Gasteiger partial charge in [-0.05, 0) is 55.7 Å². The fourth-order valence-corrected chi connectivity index (χ4v) is 4.78. The number of anilines is 1. The Morgan fingerprint density at radius 3 is 2.58 bits per heavy atom. The number of para-hydroxylation sites is 1. The summed E-state index contributed by atoms with van der Waals surface area (Å²) in [6, 6.07) is 16.9. The number of amidine groups is 2. The molecule has 3 heterocycles. The summed E-state index contributed by atoms with van der Waals surface area (Å²) < 4.78 is 7.55. The van der Waals surface area contributed by atoms with Crippen LogP contribution in [0.25, 0.3) is 0 Å². The average Bonchev–Trinajstić information content (AvgIpc) is 3.22. The van der Waals surface area contributed by atoms with Crippen LogP contribution in [0, 0.1) is 0 Å². The summed E-state index contributed by atoms with van der Waals surface area (Å²) >= 11 is 0. The van der Waals surface area contributed by atoms with Crippen molar-refractivity contribution in [2.45, 2.75) is 37.8 Å². The molecule has 2 aromatic carbocycles. The van der Waals surface area contributed by atoms with Crippen molar-refractivity contribution in [1.82, 2.24) is 4.90 Å². The number of rotatable bonds is 3. The molecule has 0 saturated heterocycles. The highest BCUT2D eigenvalue weighted by molar-refractivity contribution is 6.16. The van der Waals surface area contributed by atoms with Gasteiger partial charge in [0.05, 0.1) is 19.3 Å². The summed E-state index contributed by atoms with van der Waals surface area (Å²) in [6.07, 6.45) is 4.33. The van der Waals surface area contributed by atoms with E-state index >= 15 is 0 Å². The van der Waals surface area contributed by atoms with Gasteiger partial charge in [0.1, 0.15) is 12.2 Å². The number of carbonyl (C=O) groups is 1. The Bertz CT molecular complexity index is 1050. The first-order valence-electron chi connectivity index (χ1n) is 10.8. The quantitative estimate of drug-likeness (QED) is 0.777. The Hall–Kier alpha value is -3.19. The highest BCUT2D eigenvalue weighted by Gasteiger charge is 2.57. The number of hydrogen-bond donors (Lipinski definition) is 1. The Morgan fingerprint density at radius 2 is 1.84 bits per heavy atom. The zero-order valence-electron chi connectivity index (χ0n) is 17.7. The number of ether oxygens (including phenoxy) is 1. The van der Waals surface area contributed by atoms with Crippen molar-refractivity contribution in [2.24, 2.45) is 5.10 Å². The molecule has 1 atom stereocenters. The molecule has 0 aliphatic carbocycles. The molecule has 7 heteroatoms. The van der Waals surface area contributed by atoms with E-state index < -0.39 is 5.72 Å². The molecule has 0 radical (unpaired) electrons. The van der Waals surface area contributed by atoms with Gasteiger partial charge in [-0.25, -0.2) is 0 Å². The molecule has 31 heavy (non-hydrogen) atoms. The molecular formula is C24H27N4O3+. The van der Waals surface area contributed by atoms with Crippen molar-refractivity contribution < 1.29 is 19.2 Å². The lowest BCUT2D eigenvalue weighted by molar-refractivity contribution is -0.534. The third-order valence-corrected chi connectivity index (χ3v) is 6.31. The average molecular weight is 420 g/mol. The van der Waals surface area contributed by atoms with E-state index in [4.69, 9.17) is 9.84 Å². The summed E-state index contributed by atoms with van der Waals surface area (Å²) in [5, 5.41) is 18.2. The highest BCUT2D eigenvalue weighted by Crippen LogP contribution is 2.37. The summed E-state index contributed by atoms with van der Waals surface area (Å²) in [4.78, 5) is 14.8. The molecule has 160 valence electrons. The summed E-state index contributed by atoms with van der Waals surface area (Å²) in [5.41, 5.74) is 0.213. The minimum Gasteiger partial charge on any atom is -0.497 e. The Kier molecular flexibility index (Phi) is 4.98. The third kappa shape index (κ3) is 3.39. The van der Waals surface area contributed by atoms with Gasteiger partial charge in [0.25, 0.3) is 17.5 Å². The molecule has 7 nitrogen and oxygen atoms in total. The first-order chi connectivity index (χ1) is 15.1. The topological polar surface area (TPSA) is 68.4 Å². The van der Waals surface area contributed by atoms with Crippen LogP contribution in [0.4, 0.5) is 5.69 Å². The molecular weight excluding hydrogens is 392 g/mol. The number of carbonyl (C=O) groups excluding carboxylic acids is 1. The van der Waals surface area contributed by atoms with E-state index in [9.17, 15) is 9.90 Å². The lowest BCUT2D eigenvalue weighted by atomic mass is 10.00. The largest absolute Gasteiger partial charge is 0.497 e. The van der Waals surface area contributed by atoms with E-state index in [-0.39, 0.29) is 12.3 Å². The lowest BCUT2D eigenvalue weighted by Crippen LogP contribution is -2.50. The predicted molar refractivity (Wildman–Crippen MR) is 118 cm³/mol. The van der Waals surface area contributed by atoms with Gasteiger partial charge in [-0.2, -0.15) is 9.91 Å². The molecule has 0 bridgehead atoms. The fraction of sp³-hybridized carbons (Fsp3) is 0.375. The summed E-state index contributed by atoms with van der Waals surface area (Å²) in [7, 11) is 1.63. The number of benzene rings is 2. The van der Waals surface area contributed by atoms with E-state index in [1.165, 1.54) is 5.01 Å². The van der Waals surface area contributed by atoms with E-state index in [1.807, 2.05) is 59.5 Å². The molecule has 0 spiro atoms. The molecule has 3 aliphatic heterocycles. The summed E-state index contributed by atoms with van der Waals surface area (Å²) in [6.45, 7) is 1.35. The van der Waals surface area contributed by atoms with Crippen LogP contribution >= 0.6 is 0 Å². The molecule has 0 unspecified atom stereocenters. The van der Waals surface area contributed by atoms with Crippen LogP contribution in [0.15, 0.2) is 59.7 Å². The second-order valence-corrected chi connectivity index (χ2v) is 8.26. The summed E-state index contributed by atoms with van der Waals surface area (Å²) in [5.74, 6) is 2.29. The smallest absolute Gasteiger partial charge is 0.276 e. The Labute approximate surface area is 181 Å². The van der Waals surface area contributed by atoms with Crippen LogP contribution < -0.4 is 9.75 Å². The van der Waals surface area contributed by atoms with Gasteiger partial charge in [-0.3, -0.25) is 9.37 Å². The molecule has 3 aliphatic rings. The normalized spacial score (nSPS) is 23.7. The molecule has 0 fully saturated rings. The zero-order chi connectivity index (χ0) is 21.4. The maximum absolute atomic E-state index is 12.9. The first kappa shape index (κ1) is 19.8. The maximum atomic E-state index is 12.9. The van der Waals surface area contributed by atoms with E-state index in [0.29, 0.717) is 12.4 Å². The number of amides is 1. The number of nitrogens with zero attached hydrogens (tertiary/aromatic N) is 4. The SMILES string of the molecule is COc1ccc([C@]2(O)C[N+]3=C(CCCCC3)N2C2=NN(c3ccccc3)C(=O)C2)cc1. The van der Waals surface area contributed by atoms with Crippen LogP contribution in [0.5, 0.6) is 5.75 Å². The van der Waals surface area contributed by atoms with E-state index in [1.54, 1.807) is 7.11 Å². The van der Waals surface area contributed by atoms with Gasteiger partial charge >= 0.3 is 0 Å². The highest BCUT2D eigenvalue weighted by atomic mass is 16.5. The number of methoxy groups -OCH3 is 1. The van der Waals surface area contributed by atoms with Gasteiger partial charge in [0.2, 0.25) is 5.84 Å². The zero-order valence-corrected chi connectivity index (χ0v) is 17.7. The van der Waals surface area contributed by atoms with Crippen molar-refractivity contribution in [3.63, 3.8) is 0 Å². The van der Waals surface area contributed by atoms with Gasteiger partial charge < -0.3 is 9.84 Å². The molecule has 0 saturated carbocycles. The van der Waals surface area contributed by atoms with Gasteiger partial charge in [0, 0.05) is 12.0 Å². The maximum Gasteiger partial charge on any atom is 0.276 e. The number of aliphatic hydroxyl groups is 1. The standard InChI is InChI=1S/C24H27N4O3/c1-31-20-13-11-18(12-14-20)24(30)17-26-15-7-3-6-10-22(26)27(24)21-16-23(29)28(25-21)19-8-4-2-5-9-19/h2,4-5,8-9,11-14,30H,3,6-7,10,15-17H2,1H3/q+1/t24-/m1/s1. The lowest BCUT2D eigenvalue weighted by Gasteiger charge is -2.28. The van der Waals surface area contributed by atoms with Crippen LogP contribution in [-0.4, -0.2) is 52.4 Å². The third-order valence-electron chi connectivity index (χ3n) is 6.31. The van der Waals surface area contributed by atoms with Crippen molar-refractivity contribution >= 4 is 23.3 Å². The van der Waals surface area contributed by atoms with Crippen molar-refractivity contribution in [3.8, 4) is 5.75 Å². The first-order valence-corrected chi connectivity index (χ1v) is 10.8. The van der Waals surface area contributed by atoms with Crippen LogP contribution in [0.3, 0.4) is 0 Å². The van der Waals surface area contributed by atoms with Crippen LogP contribution in [0.2, 0.25) is 0 Å². The van der Waals surface area contributed by atoms with E-state index in [0.717, 1.165) is 55.1 Å². The Balaban J connectivity index is 1.57. The monoisotopic (exact) mass is 419 g/mol. The van der Waals surface area contributed by atoms with Crippen molar-refractivity contribution in [1.29, 1.82) is 0 Å². The molecule has 5 rings (SSSR count). The fourth-order valence-electron chi connectivity index (χ4n) is 4.78. The van der Waals surface area contributed by atoms with Gasteiger partial charge in [-0.15, -0.1) is 5.10 Å².